The van der Waals surface area contributed by atoms with E-state index < -0.39 is 0 Å². The number of thiazole rings is 1. The number of amides is 1. The lowest BCUT2D eigenvalue weighted by molar-refractivity contribution is 0.0957. The van der Waals surface area contributed by atoms with E-state index in [1.165, 1.54) is 11.3 Å². The summed E-state index contributed by atoms with van der Waals surface area (Å²) in [6.45, 7) is 2.89. The fraction of sp³-hybridized carbons (Fsp3) is 0.333. The Kier molecular flexibility index (Phi) is 5.10. The van der Waals surface area contributed by atoms with Crippen LogP contribution in [0.5, 0.6) is 0 Å². The summed E-state index contributed by atoms with van der Waals surface area (Å²) in [5.74, 6) is -0.0178. The molecule has 0 aliphatic rings. The SMILES string of the molecule is CCCCCNC(=O)c1cnc(-c2ccccc2)s1. The van der Waals surface area contributed by atoms with Gasteiger partial charge in [-0.05, 0) is 6.42 Å². The molecule has 0 saturated carbocycles. The second-order valence-electron chi connectivity index (χ2n) is 4.36. The Labute approximate surface area is 117 Å². The molecule has 3 nitrogen and oxygen atoms in total. The van der Waals surface area contributed by atoms with Crippen LogP contribution in [0.15, 0.2) is 36.5 Å². The molecule has 1 aromatic heterocycles. The van der Waals surface area contributed by atoms with Gasteiger partial charge >= 0.3 is 0 Å². The van der Waals surface area contributed by atoms with Gasteiger partial charge in [0.05, 0.1) is 6.20 Å². The molecule has 2 aromatic rings. The number of hydrogen-bond acceptors (Lipinski definition) is 3. The molecule has 0 radical (unpaired) electrons. The third-order valence-electron chi connectivity index (χ3n) is 2.82. The van der Waals surface area contributed by atoms with Gasteiger partial charge in [-0.3, -0.25) is 4.79 Å². The Morgan fingerprint density at radius 1 is 1.26 bits per heavy atom. The number of nitrogens with one attached hydrogen (secondary N) is 1. The van der Waals surface area contributed by atoms with Gasteiger partial charge in [-0.2, -0.15) is 0 Å². The van der Waals surface area contributed by atoms with Crippen LogP contribution < -0.4 is 5.32 Å². The molecule has 1 heterocycles. The normalized spacial score (nSPS) is 10.4. The second kappa shape index (κ2) is 7.04. The van der Waals surface area contributed by atoms with Crippen LogP contribution in [-0.4, -0.2) is 17.4 Å². The summed E-state index contributed by atoms with van der Waals surface area (Å²) in [4.78, 5) is 16.9. The van der Waals surface area contributed by atoms with Crippen molar-refractivity contribution in [1.82, 2.24) is 10.3 Å². The first kappa shape index (κ1) is 13.7. The molecular weight excluding hydrogens is 256 g/mol. The largest absolute Gasteiger partial charge is 0.351 e. The number of nitrogens with zero attached hydrogens (tertiary/aromatic N) is 1. The van der Waals surface area contributed by atoms with Gasteiger partial charge in [-0.1, -0.05) is 50.1 Å². The lowest BCUT2D eigenvalue weighted by atomic mass is 10.2. The molecule has 100 valence electrons. The Morgan fingerprint density at radius 2 is 2.05 bits per heavy atom. The first-order valence-corrected chi connectivity index (χ1v) is 7.42. The first-order chi connectivity index (χ1) is 9.31. The van der Waals surface area contributed by atoms with Crippen molar-refractivity contribution >= 4 is 17.2 Å². The molecule has 0 aliphatic heterocycles. The van der Waals surface area contributed by atoms with Gasteiger partial charge in [0.15, 0.2) is 0 Å². The maximum absolute atomic E-state index is 11.9. The molecule has 0 saturated heterocycles. The highest BCUT2D eigenvalue weighted by Crippen LogP contribution is 2.24. The smallest absolute Gasteiger partial charge is 0.263 e. The number of aromatic nitrogens is 1. The van der Waals surface area contributed by atoms with Gasteiger partial charge in [0.25, 0.3) is 5.91 Å². The standard InChI is InChI=1S/C15H18N2OS/c1-2-3-7-10-16-14(18)13-11-17-15(19-13)12-8-5-4-6-9-12/h4-6,8-9,11H,2-3,7,10H2,1H3,(H,16,18). The summed E-state index contributed by atoms with van der Waals surface area (Å²) < 4.78 is 0. The lowest BCUT2D eigenvalue weighted by Crippen LogP contribution is -2.23. The molecule has 0 unspecified atom stereocenters. The van der Waals surface area contributed by atoms with E-state index in [0.717, 1.165) is 36.4 Å². The minimum Gasteiger partial charge on any atom is -0.351 e. The molecule has 0 spiro atoms. The maximum atomic E-state index is 11.9. The lowest BCUT2D eigenvalue weighted by Gasteiger charge is -2.01. The molecule has 19 heavy (non-hydrogen) atoms. The van der Waals surface area contributed by atoms with Crippen molar-refractivity contribution in [3.8, 4) is 10.6 Å². The molecule has 0 fully saturated rings. The molecule has 1 N–H and O–H groups in total. The molecule has 1 amide bonds. The average Bonchev–Trinajstić information content (AvgIpc) is 2.94. The molecule has 2 rings (SSSR count). The second-order valence-corrected chi connectivity index (χ2v) is 5.39. The van der Waals surface area contributed by atoms with Crippen molar-refractivity contribution in [2.45, 2.75) is 26.2 Å². The van der Waals surface area contributed by atoms with Gasteiger partial charge in [-0.15, -0.1) is 11.3 Å². The van der Waals surface area contributed by atoms with Crippen LogP contribution >= 0.6 is 11.3 Å². The Hall–Kier alpha value is -1.68. The number of carbonyl (C=O) groups excluding carboxylic acids is 1. The minimum atomic E-state index is -0.0178. The maximum Gasteiger partial charge on any atom is 0.263 e. The molecular formula is C15H18N2OS. The summed E-state index contributed by atoms with van der Waals surface area (Å²) in [6.07, 6.45) is 5.00. The van der Waals surface area contributed by atoms with Crippen molar-refractivity contribution in [2.24, 2.45) is 0 Å². The van der Waals surface area contributed by atoms with Crippen molar-refractivity contribution in [3.05, 3.63) is 41.4 Å². The van der Waals surface area contributed by atoms with Gasteiger partial charge in [0, 0.05) is 12.1 Å². The quantitative estimate of drug-likeness (QED) is 0.815. The number of rotatable bonds is 6. The summed E-state index contributed by atoms with van der Waals surface area (Å²) in [5.41, 5.74) is 1.05. The predicted octanol–water partition coefficient (Wildman–Crippen LogP) is 3.73. The monoisotopic (exact) mass is 274 g/mol. The zero-order chi connectivity index (χ0) is 13.5. The van der Waals surface area contributed by atoms with Gasteiger partial charge in [0.2, 0.25) is 0 Å². The van der Waals surface area contributed by atoms with E-state index >= 15 is 0 Å². The van der Waals surface area contributed by atoms with Crippen molar-refractivity contribution in [1.29, 1.82) is 0 Å². The van der Waals surface area contributed by atoms with E-state index in [1.807, 2.05) is 30.3 Å². The summed E-state index contributed by atoms with van der Waals surface area (Å²) in [5, 5.41) is 3.82. The number of benzene rings is 1. The van der Waals surface area contributed by atoms with Crippen LogP contribution in [-0.2, 0) is 0 Å². The highest BCUT2D eigenvalue weighted by atomic mass is 32.1. The van der Waals surface area contributed by atoms with Crippen LogP contribution in [0.4, 0.5) is 0 Å². The zero-order valence-electron chi connectivity index (χ0n) is 11.1. The third-order valence-corrected chi connectivity index (χ3v) is 3.86. The summed E-state index contributed by atoms with van der Waals surface area (Å²) >= 11 is 1.43. The van der Waals surface area contributed by atoms with Crippen LogP contribution in [0.3, 0.4) is 0 Å². The fourth-order valence-corrected chi connectivity index (χ4v) is 2.60. The van der Waals surface area contributed by atoms with Crippen molar-refractivity contribution in [3.63, 3.8) is 0 Å². The highest BCUT2D eigenvalue weighted by molar-refractivity contribution is 7.16. The minimum absolute atomic E-state index is 0.0178. The first-order valence-electron chi connectivity index (χ1n) is 6.60. The topological polar surface area (TPSA) is 42.0 Å². The Morgan fingerprint density at radius 3 is 2.79 bits per heavy atom. The number of hydrogen-bond donors (Lipinski definition) is 1. The molecule has 0 aliphatic carbocycles. The summed E-state index contributed by atoms with van der Waals surface area (Å²) in [6, 6.07) is 9.92. The van der Waals surface area contributed by atoms with E-state index in [1.54, 1.807) is 6.20 Å². The molecule has 0 atom stereocenters. The van der Waals surface area contributed by atoms with Crippen LogP contribution in [0, 0.1) is 0 Å². The zero-order valence-corrected chi connectivity index (χ0v) is 11.9. The van der Waals surface area contributed by atoms with E-state index in [2.05, 4.69) is 17.2 Å². The molecule has 0 bridgehead atoms. The number of unbranched alkanes of at least 4 members (excludes halogenated alkanes) is 2. The van der Waals surface area contributed by atoms with Crippen LogP contribution in [0.2, 0.25) is 0 Å². The van der Waals surface area contributed by atoms with E-state index in [4.69, 9.17) is 0 Å². The van der Waals surface area contributed by atoms with Gasteiger partial charge < -0.3 is 5.32 Å². The van der Waals surface area contributed by atoms with E-state index in [-0.39, 0.29) is 5.91 Å². The van der Waals surface area contributed by atoms with Gasteiger partial charge in [0.1, 0.15) is 9.88 Å². The van der Waals surface area contributed by atoms with E-state index in [0.29, 0.717) is 4.88 Å². The Bertz CT molecular complexity index is 522. The highest BCUT2D eigenvalue weighted by Gasteiger charge is 2.10. The van der Waals surface area contributed by atoms with Crippen LogP contribution in [0.25, 0.3) is 10.6 Å². The third kappa shape index (κ3) is 3.89. The summed E-state index contributed by atoms with van der Waals surface area (Å²) in [7, 11) is 0. The fourth-order valence-electron chi connectivity index (χ4n) is 1.76. The van der Waals surface area contributed by atoms with E-state index in [9.17, 15) is 4.79 Å². The molecule has 4 heteroatoms. The van der Waals surface area contributed by atoms with Crippen molar-refractivity contribution < 1.29 is 4.79 Å². The van der Waals surface area contributed by atoms with Gasteiger partial charge in [-0.25, -0.2) is 4.98 Å². The predicted molar refractivity (Wildman–Crippen MR) is 79.4 cm³/mol. The van der Waals surface area contributed by atoms with Crippen molar-refractivity contribution in [2.75, 3.05) is 6.54 Å². The Balaban J connectivity index is 1.95. The van der Waals surface area contributed by atoms with Crippen LogP contribution in [0.1, 0.15) is 35.9 Å². The number of carbonyl (C=O) groups is 1. The molecule has 1 aromatic carbocycles. The average molecular weight is 274 g/mol.